The van der Waals surface area contributed by atoms with Gasteiger partial charge in [0, 0.05) is 82.4 Å². The van der Waals surface area contributed by atoms with Crippen LogP contribution in [0.3, 0.4) is 0 Å². The van der Waals surface area contributed by atoms with Gasteiger partial charge in [-0.05, 0) is 108 Å². The lowest BCUT2D eigenvalue weighted by molar-refractivity contribution is 0.477. The average molecular weight is 1380 g/mol. The molecule has 0 bridgehead atoms. The molecule has 0 aliphatic carbocycles. The molecule has 1 aliphatic rings. The number of benzene rings is 15. The van der Waals surface area contributed by atoms with Crippen LogP contribution in [-0.4, -0.2) is 48.2 Å². The molecular formula is C96H61N11O. The van der Waals surface area contributed by atoms with E-state index in [0.29, 0.717) is 35.2 Å². The number of hydrogen-bond acceptors (Lipinski definition) is 8. The zero-order valence-electron chi connectivity index (χ0n) is 58.0. The number of fused-ring (bicyclic) bond motifs is 16. The second-order valence-corrected chi connectivity index (χ2v) is 27.0. The number of hydrogen-bond donors (Lipinski definition) is 0. The lowest BCUT2D eigenvalue weighted by Gasteiger charge is -2.32. The number of aromatic nitrogens is 10. The molecule has 108 heavy (non-hydrogen) atoms. The van der Waals surface area contributed by atoms with E-state index >= 15 is 0 Å². The summed E-state index contributed by atoms with van der Waals surface area (Å²) in [6.45, 7) is 0. The van der Waals surface area contributed by atoms with Crippen molar-refractivity contribution >= 4 is 104 Å². The van der Waals surface area contributed by atoms with Gasteiger partial charge in [-0.3, -0.25) is 9.13 Å². The molecule has 0 spiro atoms. The van der Waals surface area contributed by atoms with Gasteiger partial charge < -0.3 is 18.8 Å². The fraction of sp³-hybridized carbons (Fsp3) is 0. The molecule has 7 heterocycles. The largest absolute Gasteiger partial charge is 0.453 e. The Hall–Kier alpha value is -14.9. The molecule has 0 amide bonds. The lowest BCUT2D eigenvalue weighted by Crippen LogP contribution is -2.15. The third-order valence-corrected chi connectivity index (χ3v) is 20.7. The predicted octanol–water partition coefficient (Wildman–Crippen LogP) is 24.0. The second-order valence-electron chi connectivity index (χ2n) is 27.0. The Bertz CT molecular complexity index is 6700. The van der Waals surface area contributed by atoms with Crippen molar-refractivity contribution in [3.8, 4) is 91.4 Å². The molecule has 12 nitrogen and oxygen atoms in total. The van der Waals surface area contributed by atoms with Crippen LogP contribution in [0.15, 0.2) is 370 Å². The van der Waals surface area contributed by atoms with E-state index < -0.39 is 0 Å². The van der Waals surface area contributed by atoms with Gasteiger partial charge in [0.05, 0.1) is 55.5 Å². The van der Waals surface area contributed by atoms with Gasteiger partial charge in [-0.15, -0.1) is 0 Å². The Balaban J connectivity index is 0.000000165. The zero-order chi connectivity index (χ0) is 71.2. The van der Waals surface area contributed by atoms with Crippen LogP contribution in [0.1, 0.15) is 0 Å². The van der Waals surface area contributed by atoms with Crippen LogP contribution in [0.4, 0.5) is 17.1 Å². The molecule has 0 radical (unpaired) electrons. The maximum Gasteiger partial charge on any atom is 0.240 e. The van der Waals surface area contributed by atoms with Crippen molar-refractivity contribution in [3.05, 3.63) is 370 Å². The molecule has 6 aromatic heterocycles. The molecular weight excluding hydrogens is 1320 g/mol. The number of nitrogens with zero attached hydrogens (tertiary/aromatic N) is 11. The summed E-state index contributed by atoms with van der Waals surface area (Å²) in [5.74, 6) is 5.20. The van der Waals surface area contributed by atoms with Gasteiger partial charge in [0.15, 0.2) is 34.8 Å². The van der Waals surface area contributed by atoms with Crippen LogP contribution in [-0.2, 0) is 0 Å². The molecule has 0 saturated carbocycles. The van der Waals surface area contributed by atoms with Crippen LogP contribution in [0.5, 0.6) is 11.5 Å². The molecule has 0 unspecified atom stereocenters. The van der Waals surface area contributed by atoms with Crippen LogP contribution in [0.2, 0.25) is 0 Å². The molecule has 0 atom stereocenters. The van der Waals surface area contributed by atoms with Crippen molar-refractivity contribution in [1.29, 1.82) is 0 Å². The average Bonchev–Trinajstić information content (AvgIpc) is 1.55. The molecule has 1 aliphatic heterocycles. The fourth-order valence-electron chi connectivity index (χ4n) is 15.9. The summed E-state index contributed by atoms with van der Waals surface area (Å²) in [6, 6.07) is 129. The van der Waals surface area contributed by atoms with Gasteiger partial charge in [-0.1, -0.05) is 273 Å². The first-order valence-electron chi connectivity index (χ1n) is 36.2. The number of ether oxygens (including phenoxy) is 1. The van der Waals surface area contributed by atoms with Crippen molar-refractivity contribution in [1.82, 2.24) is 48.2 Å². The van der Waals surface area contributed by atoms with E-state index in [1.807, 2.05) is 97.1 Å². The Kier molecular flexibility index (Phi) is 14.6. The molecule has 0 N–H and O–H groups in total. The Morgan fingerprint density at radius 3 is 0.861 bits per heavy atom. The minimum atomic E-state index is 0.525. The highest BCUT2D eigenvalue weighted by atomic mass is 16.5. The van der Waals surface area contributed by atoms with E-state index in [2.05, 4.69) is 296 Å². The molecule has 0 fully saturated rings. The van der Waals surface area contributed by atoms with E-state index in [1.165, 1.54) is 10.8 Å². The van der Waals surface area contributed by atoms with Gasteiger partial charge >= 0.3 is 0 Å². The highest BCUT2D eigenvalue weighted by Gasteiger charge is 2.29. The molecule has 15 aromatic carbocycles. The van der Waals surface area contributed by atoms with Crippen molar-refractivity contribution in [2.75, 3.05) is 4.90 Å². The van der Waals surface area contributed by atoms with Gasteiger partial charge in [0.2, 0.25) is 11.9 Å². The molecule has 21 aromatic rings. The Labute approximate surface area is 619 Å². The standard InChI is InChI=1S/C63H39N7.C33H22N4O/c1-4-18-40(19-5-1)41-32-34-42(35-33-41)61-64-62(69-55-30-16-12-26-47(55)51-38-36-49-45-24-10-14-28-53(45)67(57(49)59(51)69)43-20-6-2-7-21-43)66-63(65-61)70-56-31-17-13-27-48(56)52-39-37-50-46-25-11-15-29-54(46)68(58(50)60(52)70)44-22-8-3-9-23-44;1-3-11-23(12-4-1)31-34-32(24-13-5-2-6-14-24)36-33(35-31)25-19-21-26(22-20-25)37-27-15-7-9-17-29(27)38-30-18-10-8-16-28(30)37/h1-39H;1-22H. The quantitative estimate of drug-likeness (QED) is 0.133. The Morgan fingerprint density at radius 1 is 0.185 bits per heavy atom. The van der Waals surface area contributed by atoms with Crippen molar-refractivity contribution in [3.63, 3.8) is 0 Å². The van der Waals surface area contributed by atoms with E-state index in [-0.39, 0.29) is 0 Å². The summed E-state index contributed by atoms with van der Waals surface area (Å²) < 4.78 is 15.5. The maximum absolute atomic E-state index is 6.16. The second kappa shape index (κ2) is 25.5. The number of para-hydroxylation sites is 10. The normalized spacial score (nSPS) is 11.9. The minimum Gasteiger partial charge on any atom is -0.453 e. The van der Waals surface area contributed by atoms with Crippen LogP contribution >= 0.6 is 0 Å². The highest BCUT2D eigenvalue weighted by molar-refractivity contribution is 6.25. The van der Waals surface area contributed by atoms with Crippen LogP contribution < -0.4 is 9.64 Å². The smallest absolute Gasteiger partial charge is 0.240 e. The van der Waals surface area contributed by atoms with Crippen molar-refractivity contribution < 1.29 is 4.74 Å². The zero-order valence-corrected chi connectivity index (χ0v) is 58.0. The molecule has 0 saturated heterocycles. The molecule has 22 rings (SSSR count). The first-order valence-corrected chi connectivity index (χ1v) is 36.2. The summed E-state index contributed by atoms with van der Waals surface area (Å²) in [4.78, 5) is 33.6. The van der Waals surface area contributed by atoms with Crippen LogP contribution in [0.25, 0.3) is 167 Å². The van der Waals surface area contributed by atoms with E-state index in [4.69, 9.17) is 34.6 Å². The van der Waals surface area contributed by atoms with Gasteiger partial charge in [-0.25, -0.2) is 15.0 Å². The SMILES string of the molecule is c1ccc(-c2ccc(-c3nc(-n4c5ccccc5c5ccc6c7ccccc7n(-c7ccccc7)c6c54)nc(-n4c5ccccc5c5ccc6c7ccccc7n(-c7ccccc7)c6c54)n3)cc2)cc1.c1ccc(-c2nc(-c3ccccc3)nc(-c3ccc(N4c5ccccc5Oc5ccccc54)cc3)n2)cc1. The third-order valence-electron chi connectivity index (χ3n) is 20.7. The summed E-state index contributed by atoms with van der Waals surface area (Å²) in [5.41, 5.74) is 19.6. The fourth-order valence-corrected chi connectivity index (χ4v) is 15.9. The van der Waals surface area contributed by atoms with Gasteiger partial charge in [0.1, 0.15) is 0 Å². The monoisotopic (exact) mass is 1380 g/mol. The van der Waals surface area contributed by atoms with Crippen molar-refractivity contribution in [2.45, 2.75) is 0 Å². The summed E-state index contributed by atoms with van der Waals surface area (Å²) >= 11 is 0. The first kappa shape index (κ1) is 61.8. The maximum atomic E-state index is 6.16. The minimum absolute atomic E-state index is 0.525. The van der Waals surface area contributed by atoms with Gasteiger partial charge in [-0.2, -0.15) is 15.0 Å². The van der Waals surface area contributed by atoms with E-state index in [9.17, 15) is 0 Å². The van der Waals surface area contributed by atoms with Crippen molar-refractivity contribution in [2.24, 2.45) is 0 Å². The third kappa shape index (κ3) is 10.2. The summed E-state index contributed by atoms with van der Waals surface area (Å²) in [7, 11) is 0. The molecule has 12 heteroatoms. The number of anilines is 3. The number of rotatable bonds is 10. The highest BCUT2D eigenvalue weighted by Crippen LogP contribution is 2.51. The Morgan fingerprint density at radius 2 is 0.463 bits per heavy atom. The topological polar surface area (TPSA) is 110 Å². The summed E-state index contributed by atoms with van der Waals surface area (Å²) in [5, 5.41) is 9.13. The van der Waals surface area contributed by atoms with E-state index in [1.54, 1.807) is 0 Å². The van der Waals surface area contributed by atoms with Crippen LogP contribution in [0, 0.1) is 0 Å². The van der Waals surface area contributed by atoms with E-state index in [0.717, 1.165) is 150 Å². The summed E-state index contributed by atoms with van der Waals surface area (Å²) in [6.07, 6.45) is 0. The molecule has 506 valence electrons. The predicted molar refractivity (Wildman–Crippen MR) is 439 cm³/mol. The first-order chi connectivity index (χ1) is 53.6. The lowest BCUT2D eigenvalue weighted by atomic mass is 10.0. The van der Waals surface area contributed by atoms with Gasteiger partial charge in [0.25, 0.3) is 0 Å².